The van der Waals surface area contributed by atoms with Crippen molar-refractivity contribution in [2.75, 3.05) is 5.32 Å². The van der Waals surface area contributed by atoms with Crippen molar-refractivity contribution in [1.29, 1.82) is 0 Å². The summed E-state index contributed by atoms with van der Waals surface area (Å²) in [5.41, 5.74) is 1.01. The molecule has 18 heavy (non-hydrogen) atoms. The molecule has 3 nitrogen and oxygen atoms in total. The molecular formula is C12H7Br2ClN2O. The Balaban J connectivity index is 2.24. The van der Waals surface area contributed by atoms with Crippen LogP contribution < -0.4 is 5.32 Å². The number of rotatable bonds is 2. The van der Waals surface area contributed by atoms with Gasteiger partial charge in [-0.3, -0.25) is 4.79 Å². The average Bonchev–Trinajstić information content (AvgIpc) is 2.33. The fourth-order valence-corrected chi connectivity index (χ4v) is 2.69. The predicted octanol–water partition coefficient (Wildman–Crippen LogP) is 4.51. The van der Waals surface area contributed by atoms with Crippen molar-refractivity contribution < 1.29 is 4.79 Å². The van der Waals surface area contributed by atoms with Gasteiger partial charge in [0.05, 0.1) is 11.3 Å². The number of pyridine rings is 1. The SMILES string of the molecule is O=C(Nc1ccc(Br)cc1Br)c1cccnc1Cl. The molecular weight excluding hydrogens is 383 g/mol. The van der Waals surface area contributed by atoms with E-state index in [9.17, 15) is 4.79 Å². The lowest BCUT2D eigenvalue weighted by Crippen LogP contribution is -2.13. The monoisotopic (exact) mass is 388 g/mol. The summed E-state index contributed by atoms with van der Waals surface area (Å²) in [5, 5.41) is 2.95. The number of carbonyl (C=O) groups excluding carboxylic acids is 1. The summed E-state index contributed by atoms with van der Waals surface area (Å²) >= 11 is 12.6. The van der Waals surface area contributed by atoms with Crippen molar-refractivity contribution in [2.45, 2.75) is 0 Å². The van der Waals surface area contributed by atoms with Crippen LogP contribution in [0.25, 0.3) is 0 Å². The second kappa shape index (κ2) is 5.82. The van der Waals surface area contributed by atoms with Gasteiger partial charge in [-0.2, -0.15) is 0 Å². The number of hydrogen-bond donors (Lipinski definition) is 1. The number of nitrogens with one attached hydrogen (secondary N) is 1. The minimum absolute atomic E-state index is 0.184. The Labute approximate surface area is 126 Å². The molecule has 0 aliphatic heterocycles. The first-order chi connectivity index (χ1) is 8.58. The van der Waals surface area contributed by atoms with E-state index in [1.165, 1.54) is 6.20 Å². The molecule has 1 heterocycles. The number of benzene rings is 1. The molecule has 0 bridgehead atoms. The highest BCUT2D eigenvalue weighted by molar-refractivity contribution is 9.11. The van der Waals surface area contributed by atoms with E-state index in [0.717, 1.165) is 8.95 Å². The molecule has 6 heteroatoms. The van der Waals surface area contributed by atoms with Gasteiger partial charge in [0.1, 0.15) is 5.15 Å². The molecule has 0 saturated heterocycles. The molecule has 1 aromatic carbocycles. The van der Waals surface area contributed by atoms with Crippen LogP contribution in [0.2, 0.25) is 5.15 Å². The highest BCUT2D eigenvalue weighted by atomic mass is 79.9. The van der Waals surface area contributed by atoms with E-state index < -0.39 is 0 Å². The molecule has 92 valence electrons. The summed E-state index contributed by atoms with van der Waals surface area (Å²) in [4.78, 5) is 15.9. The zero-order valence-electron chi connectivity index (χ0n) is 8.95. The molecule has 0 atom stereocenters. The number of hydrogen-bond acceptors (Lipinski definition) is 2. The van der Waals surface area contributed by atoms with Crippen LogP contribution in [-0.4, -0.2) is 10.9 Å². The van der Waals surface area contributed by atoms with E-state index in [1.54, 1.807) is 18.2 Å². The van der Waals surface area contributed by atoms with Crippen LogP contribution in [0, 0.1) is 0 Å². The van der Waals surface area contributed by atoms with Crippen molar-refractivity contribution >= 4 is 55.1 Å². The fraction of sp³-hybridized carbons (Fsp3) is 0. The first kappa shape index (κ1) is 13.5. The fourth-order valence-electron chi connectivity index (χ4n) is 1.34. The van der Waals surface area contributed by atoms with Gasteiger partial charge in [-0.05, 0) is 46.3 Å². The Morgan fingerprint density at radius 2 is 2.06 bits per heavy atom. The van der Waals surface area contributed by atoms with Gasteiger partial charge < -0.3 is 5.32 Å². The summed E-state index contributed by atoms with van der Waals surface area (Å²) < 4.78 is 1.71. The summed E-state index contributed by atoms with van der Waals surface area (Å²) in [6.45, 7) is 0. The minimum Gasteiger partial charge on any atom is -0.321 e. The molecule has 0 unspecified atom stereocenters. The van der Waals surface area contributed by atoms with Gasteiger partial charge in [0.25, 0.3) is 5.91 Å². The maximum absolute atomic E-state index is 12.0. The van der Waals surface area contributed by atoms with Crippen LogP contribution in [-0.2, 0) is 0 Å². The number of halogens is 3. The third-order valence-electron chi connectivity index (χ3n) is 2.18. The molecule has 1 N–H and O–H groups in total. The zero-order chi connectivity index (χ0) is 13.1. The van der Waals surface area contributed by atoms with Gasteiger partial charge in [0.15, 0.2) is 0 Å². The smallest absolute Gasteiger partial charge is 0.258 e. The molecule has 1 amide bonds. The van der Waals surface area contributed by atoms with Crippen LogP contribution in [0.3, 0.4) is 0 Å². The topological polar surface area (TPSA) is 42.0 Å². The maximum atomic E-state index is 12.0. The molecule has 0 aliphatic rings. The first-order valence-electron chi connectivity index (χ1n) is 4.95. The Morgan fingerprint density at radius 3 is 2.72 bits per heavy atom. The Morgan fingerprint density at radius 1 is 1.28 bits per heavy atom. The van der Waals surface area contributed by atoms with E-state index in [-0.39, 0.29) is 11.1 Å². The quantitative estimate of drug-likeness (QED) is 0.767. The summed E-state index contributed by atoms with van der Waals surface area (Å²) in [7, 11) is 0. The van der Waals surface area contributed by atoms with E-state index in [4.69, 9.17) is 11.6 Å². The Bertz CT molecular complexity index is 604. The summed E-state index contributed by atoms with van der Waals surface area (Å²) in [6, 6.07) is 8.76. The number of aromatic nitrogens is 1. The summed E-state index contributed by atoms with van der Waals surface area (Å²) in [6.07, 6.45) is 1.54. The number of amides is 1. The van der Waals surface area contributed by atoms with Crippen molar-refractivity contribution in [2.24, 2.45) is 0 Å². The third-order valence-corrected chi connectivity index (χ3v) is 3.63. The molecule has 0 spiro atoms. The van der Waals surface area contributed by atoms with Crippen molar-refractivity contribution in [3.63, 3.8) is 0 Å². The number of nitrogens with zero attached hydrogens (tertiary/aromatic N) is 1. The molecule has 1 aromatic heterocycles. The van der Waals surface area contributed by atoms with Gasteiger partial charge in [-0.25, -0.2) is 4.98 Å². The van der Waals surface area contributed by atoms with Crippen molar-refractivity contribution in [3.8, 4) is 0 Å². The zero-order valence-corrected chi connectivity index (χ0v) is 12.9. The van der Waals surface area contributed by atoms with Gasteiger partial charge >= 0.3 is 0 Å². The van der Waals surface area contributed by atoms with Crippen molar-refractivity contribution in [3.05, 3.63) is 56.2 Å². The van der Waals surface area contributed by atoms with E-state index in [2.05, 4.69) is 42.2 Å². The van der Waals surface area contributed by atoms with Gasteiger partial charge in [-0.1, -0.05) is 27.5 Å². The number of anilines is 1. The maximum Gasteiger partial charge on any atom is 0.258 e. The average molecular weight is 390 g/mol. The highest BCUT2D eigenvalue weighted by Crippen LogP contribution is 2.27. The molecule has 0 radical (unpaired) electrons. The van der Waals surface area contributed by atoms with Crippen LogP contribution in [0.1, 0.15) is 10.4 Å². The van der Waals surface area contributed by atoms with Gasteiger partial charge in [-0.15, -0.1) is 0 Å². The van der Waals surface area contributed by atoms with Crippen molar-refractivity contribution in [1.82, 2.24) is 4.98 Å². The van der Waals surface area contributed by atoms with Crippen LogP contribution in [0.4, 0.5) is 5.69 Å². The summed E-state index contributed by atoms with van der Waals surface area (Å²) in [5.74, 6) is -0.295. The molecule has 2 aromatic rings. The number of carbonyl (C=O) groups is 1. The lowest BCUT2D eigenvalue weighted by molar-refractivity contribution is 0.102. The second-order valence-corrected chi connectivity index (χ2v) is 5.55. The van der Waals surface area contributed by atoms with Crippen LogP contribution >= 0.6 is 43.5 Å². The normalized spacial score (nSPS) is 10.2. The van der Waals surface area contributed by atoms with E-state index in [0.29, 0.717) is 11.3 Å². The predicted molar refractivity (Wildman–Crippen MR) is 79.0 cm³/mol. The van der Waals surface area contributed by atoms with Gasteiger partial charge in [0, 0.05) is 15.1 Å². The lowest BCUT2D eigenvalue weighted by atomic mass is 10.2. The molecule has 0 saturated carbocycles. The standard InChI is InChI=1S/C12H7Br2ClN2O/c13-7-3-4-10(9(14)6-7)17-12(18)8-2-1-5-16-11(8)15/h1-6H,(H,17,18). The lowest BCUT2D eigenvalue weighted by Gasteiger charge is -2.08. The molecule has 0 aliphatic carbocycles. The minimum atomic E-state index is -0.295. The first-order valence-corrected chi connectivity index (χ1v) is 6.91. The van der Waals surface area contributed by atoms with Crippen LogP contribution in [0.5, 0.6) is 0 Å². The molecule has 2 rings (SSSR count). The largest absolute Gasteiger partial charge is 0.321 e. The van der Waals surface area contributed by atoms with Gasteiger partial charge in [0.2, 0.25) is 0 Å². The second-order valence-electron chi connectivity index (χ2n) is 3.42. The van der Waals surface area contributed by atoms with Crippen LogP contribution in [0.15, 0.2) is 45.5 Å². The van der Waals surface area contributed by atoms with E-state index >= 15 is 0 Å². The molecule has 0 fully saturated rings. The highest BCUT2D eigenvalue weighted by Gasteiger charge is 2.12. The van der Waals surface area contributed by atoms with E-state index in [1.807, 2.05) is 12.1 Å². The Hall–Kier alpha value is -0.910. The third kappa shape index (κ3) is 3.10. The Kier molecular flexibility index (Phi) is 4.37.